The van der Waals surface area contributed by atoms with Crippen molar-refractivity contribution in [2.75, 3.05) is 14.1 Å². The molecule has 1 aromatic carbocycles. The molecule has 1 heterocycles. The van der Waals surface area contributed by atoms with Crippen molar-refractivity contribution in [2.45, 2.75) is 56.9 Å². The summed E-state index contributed by atoms with van der Waals surface area (Å²) in [5, 5.41) is 7.38. The van der Waals surface area contributed by atoms with E-state index in [9.17, 15) is 9.59 Å². The van der Waals surface area contributed by atoms with E-state index in [1.165, 1.54) is 6.42 Å². The monoisotopic (exact) mass is 410 g/mol. The first-order valence-corrected chi connectivity index (χ1v) is 10.9. The molecule has 0 aliphatic heterocycles. The van der Waals surface area contributed by atoms with Gasteiger partial charge in [-0.1, -0.05) is 54.8 Å². The number of amides is 2. The van der Waals surface area contributed by atoms with Crippen LogP contribution in [0.15, 0.2) is 34.9 Å². The lowest BCUT2D eigenvalue weighted by Gasteiger charge is -2.25. The highest BCUT2D eigenvalue weighted by atomic mass is 16.5. The maximum Gasteiger partial charge on any atom is 0.232 e. The molecular weight excluding hydrogens is 380 g/mol. The van der Waals surface area contributed by atoms with E-state index in [-0.39, 0.29) is 35.6 Å². The zero-order valence-electron chi connectivity index (χ0n) is 17.7. The van der Waals surface area contributed by atoms with Crippen molar-refractivity contribution in [2.24, 2.45) is 11.8 Å². The molecule has 7 nitrogen and oxygen atoms in total. The summed E-state index contributed by atoms with van der Waals surface area (Å²) < 4.78 is 5.61. The van der Waals surface area contributed by atoms with Gasteiger partial charge in [-0.05, 0) is 25.7 Å². The normalized spacial score (nSPS) is 24.5. The molecule has 3 unspecified atom stereocenters. The smallest absolute Gasteiger partial charge is 0.232 e. The lowest BCUT2D eigenvalue weighted by atomic mass is 9.88. The Bertz CT molecular complexity index is 874. The molecule has 4 rings (SSSR count). The third-order valence-electron chi connectivity index (χ3n) is 6.45. The van der Waals surface area contributed by atoms with Crippen LogP contribution >= 0.6 is 0 Å². The van der Waals surface area contributed by atoms with Gasteiger partial charge in [0.1, 0.15) is 0 Å². The summed E-state index contributed by atoms with van der Waals surface area (Å²) in [6.07, 6.45) is 6.52. The van der Waals surface area contributed by atoms with Crippen LogP contribution in [0.3, 0.4) is 0 Å². The van der Waals surface area contributed by atoms with E-state index in [0.29, 0.717) is 24.6 Å². The van der Waals surface area contributed by atoms with Gasteiger partial charge in [0, 0.05) is 37.5 Å². The van der Waals surface area contributed by atoms with Crippen molar-refractivity contribution in [1.82, 2.24) is 20.4 Å². The van der Waals surface area contributed by atoms with Gasteiger partial charge in [0.25, 0.3) is 0 Å². The second-order valence-corrected chi connectivity index (χ2v) is 8.78. The maximum absolute atomic E-state index is 12.9. The predicted octanol–water partition coefficient (Wildman–Crippen LogP) is 3.38. The second-order valence-electron chi connectivity index (χ2n) is 8.78. The molecule has 2 aliphatic carbocycles. The van der Waals surface area contributed by atoms with Gasteiger partial charge in [-0.15, -0.1) is 0 Å². The molecule has 2 fully saturated rings. The van der Waals surface area contributed by atoms with E-state index < -0.39 is 0 Å². The van der Waals surface area contributed by atoms with Crippen LogP contribution in [0.4, 0.5) is 0 Å². The highest BCUT2D eigenvalue weighted by Gasteiger charge is 2.43. The number of hydrogen-bond donors (Lipinski definition) is 1. The summed E-state index contributed by atoms with van der Waals surface area (Å²) in [5.74, 6) is 0.973. The summed E-state index contributed by atoms with van der Waals surface area (Å²) in [5.41, 5.74) is 0.884. The highest BCUT2D eigenvalue weighted by Crippen LogP contribution is 2.39. The van der Waals surface area contributed by atoms with Gasteiger partial charge in [0.2, 0.25) is 23.5 Å². The van der Waals surface area contributed by atoms with Crippen LogP contribution in [0.25, 0.3) is 11.4 Å². The third kappa shape index (κ3) is 4.40. The average molecular weight is 411 g/mol. The van der Waals surface area contributed by atoms with Gasteiger partial charge in [0.05, 0.1) is 5.92 Å². The van der Waals surface area contributed by atoms with Crippen LogP contribution in [0.2, 0.25) is 0 Å². The molecule has 0 radical (unpaired) electrons. The Hall–Kier alpha value is -2.70. The lowest BCUT2D eigenvalue weighted by molar-refractivity contribution is -0.133. The predicted molar refractivity (Wildman–Crippen MR) is 112 cm³/mol. The quantitative estimate of drug-likeness (QED) is 0.816. The average Bonchev–Trinajstić information content (AvgIpc) is 3.41. The molecule has 2 aromatic rings. The Balaban J connectivity index is 1.54. The Morgan fingerprint density at radius 1 is 1.03 bits per heavy atom. The summed E-state index contributed by atoms with van der Waals surface area (Å²) in [6.45, 7) is 0. The van der Waals surface area contributed by atoms with Crippen molar-refractivity contribution in [3.05, 3.63) is 36.2 Å². The zero-order chi connectivity index (χ0) is 21.1. The van der Waals surface area contributed by atoms with E-state index in [0.717, 1.165) is 31.2 Å². The molecule has 1 N–H and O–H groups in total. The van der Waals surface area contributed by atoms with Crippen LogP contribution < -0.4 is 5.32 Å². The third-order valence-corrected chi connectivity index (χ3v) is 6.45. The first-order valence-electron chi connectivity index (χ1n) is 10.9. The van der Waals surface area contributed by atoms with Crippen molar-refractivity contribution in [3.63, 3.8) is 0 Å². The molecule has 2 saturated carbocycles. The van der Waals surface area contributed by atoms with Crippen LogP contribution in [0.5, 0.6) is 0 Å². The second kappa shape index (κ2) is 8.98. The van der Waals surface area contributed by atoms with Gasteiger partial charge < -0.3 is 14.7 Å². The fourth-order valence-corrected chi connectivity index (χ4v) is 4.79. The van der Waals surface area contributed by atoms with Crippen molar-refractivity contribution < 1.29 is 14.1 Å². The number of hydrogen-bond acceptors (Lipinski definition) is 5. The molecule has 0 bridgehead atoms. The standard InChI is InChI=1S/C23H30N4O3/c1-27(2)23(29)17-13-18(19(14-17)24-21(28)16-11-7-4-8-12-16)22-25-20(26-30-22)15-9-5-3-6-10-15/h3,5-6,9-10,16-19H,4,7-8,11-14H2,1-2H3,(H,24,28). The van der Waals surface area contributed by atoms with Gasteiger partial charge >= 0.3 is 0 Å². The Kier molecular flexibility index (Phi) is 6.16. The van der Waals surface area contributed by atoms with E-state index in [1.807, 2.05) is 30.3 Å². The molecule has 2 aliphatic rings. The number of aromatic nitrogens is 2. The first kappa shape index (κ1) is 20.6. The van der Waals surface area contributed by atoms with Crippen LogP contribution in [0, 0.1) is 11.8 Å². The number of nitrogens with one attached hydrogen (secondary N) is 1. The van der Waals surface area contributed by atoms with Crippen LogP contribution in [0.1, 0.15) is 56.8 Å². The van der Waals surface area contributed by atoms with E-state index >= 15 is 0 Å². The number of carbonyl (C=O) groups is 2. The summed E-state index contributed by atoms with van der Waals surface area (Å²) >= 11 is 0. The fraction of sp³-hybridized carbons (Fsp3) is 0.565. The van der Waals surface area contributed by atoms with Gasteiger partial charge in [-0.3, -0.25) is 9.59 Å². The summed E-state index contributed by atoms with van der Waals surface area (Å²) in [4.78, 5) is 31.8. The van der Waals surface area contributed by atoms with Crippen LogP contribution in [-0.4, -0.2) is 47.0 Å². The largest absolute Gasteiger partial charge is 0.352 e. The molecular formula is C23H30N4O3. The Labute approximate surface area is 177 Å². The Morgan fingerprint density at radius 3 is 2.47 bits per heavy atom. The van der Waals surface area contributed by atoms with Crippen molar-refractivity contribution in [1.29, 1.82) is 0 Å². The molecule has 0 spiro atoms. The minimum absolute atomic E-state index is 0.0746. The maximum atomic E-state index is 12.9. The summed E-state index contributed by atoms with van der Waals surface area (Å²) in [6, 6.07) is 9.50. The van der Waals surface area contributed by atoms with Crippen LogP contribution in [-0.2, 0) is 9.59 Å². The molecule has 160 valence electrons. The lowest BCUT2D eigenvalue weighted by Crippen LogP contribution is -2.41. The zero-order valence-corrected chi connectivity index (χ0v) is 17.7. The van der Waals surface area contributed by atoms with Gasteiger partial charge in [0.15, 0.2) is 0 Å². The topological polar surface area (TPSA) is 88.3 Å². The minimum atomic E-state index is -0.169. The number of carbonyl (C=O) groups excluding carboxylic acids is 2. The summed E-state index contributed by atoms with van der Waals surface area (Å²) in [7, 11) is 3.54. The minimum Gasteiger partial charge on any atom is -0.352 e. The molecule has 3 atom stereocenters. The number of rotatable bonds is 5. The number of benzene rings is 1. The molecule has 0 saturated heterocycles. The first-order chi connectivity index (χ1) is 14.5. The van der Waals surface area contributed by atoms with Crippen molar-refractivity contribution >= 4 is 11.8 Å². The number of nitrogens with zero attached hydrogens (tertiary/aromatic N) is 3. The molecule has 30 heavy (non-hydrogen) atoms. The van der Waals surface area contributed by atoms with E-state index in [1.54, 1.807) is 19.0 Å². The molecule has 7 heteroatoms. The van der Waals surface area contributed by atoms with Gasteiger partial charge in [-0.2, -0.15) is 4.98 Å². The van der Waals surface area contributed by atoms with E-state index in [2.05, 4.69) is 15.5 Å². The van der Waals surface area contributed by atoms with Crippen molar-refractivity contribution in [3.8, 4) is 11.4 Å². The highest BCUT2D eigenvalue weighted by molar-refractivity contribution is 5.81. The molecule has 2 amide bonds. The van der Waals surface area contributed by atoms with E-state index in [4.69, 9.17) is 4.52 Å². The Morgan fingerprint density at radius 2 is 1.77 bits per heavy atom. The fourth-order valence-electron chi connectivity index (χ4n) is 4.79. The van der Waals surface area contributed by atoms with Gasteiger partial charge in [-0.25, -0.2) is 0 Å². The molecule has 1 aromatic heterocycles. The SMILES string of the molecule is CN(C)C(=O)C1CC(NC(=O)C2CCCCC2)C(c2nc(-c3ccccc3)no2)C1.